The van der Waals surface area contributed by atoms with E-state index in [-0.39, 0.29) is 5.41 Å². The smallest absolute Gasteiger partial charge is 0.204 e. The molecule has 0 aliphatic rings. The molecule has 0 heterocycles. The Kier molecular flexibility index (Phi) is 4.63. The van der Waals surface area contributed by atoms with Gasteiger partial charge in [0.25, 0.3) is 0 Å². The number of benzene rings is 3. The van der Waals surface area contributed by atoms with Gasteiger partial charge in [-0.05, 0) is 23.6 Å². The summed E-state index contributed by atoms with van der Waals surface area (Å²) in [5, 5.41) is 0. The molecule has 0 bridgehead atoms. The van der Waals surface area contributed by atoms with Crippen LogP contribution in [0.5, 0.6) is 5.75 Å². The first-order valence-electron chi connectivity index (χ1n) is 8.07. The third-order valence-electron chi connectivity index (χ3n) is 4.63. The highest BCUT2D eigenvalue weighted by Crippen LogP contribution is 2.45. The Morgan fingerprint density at radius 3 is 1.70 bits per heavy atom. The maximum absolute atomic E-state index is 5.84. The van der Waals surface area contributed by atoms with E-state index in [2.05, 4.69) is 85.8 Å². The highest BCUT2D eigenvalue weighted by Gasteiger charge is 2.36. The minimum atomic E-state index is -0.191. The Labute approximate surface area is 141 Å². The van der Waals surface area contributed by atoms with Crippen LogP contribution in [-0.4, -0.2) is 10.5 Å². The van der Waals surface area contributed by atoms with Gasteiger partial charge >= 0.3 is 0 Å². The van der Waals surface area contributed by atoms with Gasteiger partial charge in [0.15, 0.2) is 0 Å². The molecular weight excluding hydrogens is 296 g/mol. The first-order valence-corrected chi connectivity index (χ1v) is 8.89. The zero-order valence-electron chi connectivity index (χ0n) is 13.7. The molecule has 0 N–H and O–H groups in total. The fourth-order valence-electron chi connectivity index (χ4n) is 3.52. The molecule has 1 nitrogen and oxygen atoms in total. The summed E-state index contributed by atoms with van der Waals surface area (Å²) < 4.78 is 5.84. The lowest BCUT2D eigenvalue weighted by atomic mass is 9.67. The average Bonchev–Trinajstić information content (AvgIpc) is 2.65. The van der Waals surface area contributed by atoms with Crippen LogP contribution in [0.25, 0.3) is 0 Å². The van der Waals surface area contributed by atoms with Crippen LogP contribution in [0, 0.1) is 0 Å². The molecule has 0 aliphatic carbocycles. The molecule has 3 rings (SSSR count). The third-order valence-corrected chi connectivity index (χ3v) is 5.07. The molecule has 0 amide bonds. The Morgan fingerprint density at radius 2 is 1.22 bits per heavy atom. The average molecular weight is 318 g/mol. The molecule has 116 valence electrons. The van der Waals surface area contributed by atoms with Crippen molar-refractivity contribution in [3.05, 3.63) is 102 Å². The second-order valence-electron chi connectivity index (χ2n) is 5.69. The summed E-state index contributed by atoms with van der Waals surface area (Å²) in [6.07, 6.45) is 0.975. The maximum Gasteiger partial charge on any atom is 0.204 e. The van der Waals surface area contributed by atoms with Crippen LogP contribution < -0.4 is 4.43 Å². The van der Waals surface area contributed by atoms with Crippen molar-refractivity contribution < 1.29 is 4.43 Å². The highest BCUT2D eigenvalue weighted by atomic mass is 28.2. The van der Waals surface area contributed by atoms with Crippen molar-refractivity contribution in [1.82, 2.24) is 0 Å². The van der Waals surface area contributed by atoms with E-state index in [0.717, 1.165) is 12.2 Å². The predicted octanol–water partition coefficient (Wildman–Crippen LogP) is 4.09. The fourth-order valence-corrected chi connectivity index (χ4v) is 3.87. The summed E-state index contributed by atoms with van der Waals surface area (Å²) in [4.78, 5) is 0. The first-order chi connectivity index (χ1) is 11.3. The van der Waals surface area contributed by atoms with Crippen molar-refractivity contribution in [2.45, 2.75) is 18.8 Å². The summed E-state index contributed by atoms with van der Waals surface area (Å²) in [5.74, 6) is 0.994. The van der Waals surface area contributed by atoms with Crippen LogP contribution in [0.4, 0.5) is 0 Å². The minimum Gasteiger partial charge on any atom is -0.553 e. The number of hydrogen-bond acceptors (Lipinski definition) is 1. The molecule has 0 aliphatic heterocycles. The lowest BCUT2D eigenvalue weighted by Gasteiger charge is -2.36. The number of para-hydroxylation sites is 1. The van der Waals surface area contributed by atoms with E-state index in [1.807, 2.05) is 6.07 Å². The SMILES string of the molecule is CCC(c1ccccc1)(c1ccccc1)c1ccccc1O[SiH3]. The molecule has 2 heteroatoms. The van der Waals surface area contributed by atoms with Gasteiger partial charge < -0.3 is 4.43 Å². The van der Waals surface area contributed by atoms with Gasteiger partial charge in [0.2, 0.25) is 10.5 Å². The van der Waals surface area contributed by atoms with Gasteiger partial charge in [-0.15, -0.1) is 0 Å². The molecule has 0 radical (unpaired) electrons. The highest BCUT2D eigenvalue weighted by molar-refractivity contribution is 6.00. The van der Waals surface area contributed by atoms with Gasteiger partial charge in [-0.1, -0.05) is 85.8 Å². The molecule has 0 spiro atoms. The quantitative estimate of drug-likeness (QED) is 0.508. The molecule has 23 heavy (non-hydrogen) atoms. The molecule has 0 aromatic heterocycles. The molecule has 0 saturated carbocycles. The topological polar surface area (TPSA) is 9.23 Å². The van der Waals surface area contributed by atoms with Crippen LogP contribution in [0.2, 0.25) is 0 Å². The Hall–Kier alpha value is -2.32. The van der Waals surface area contributed by atoms with Gasteiger partial charge in [0, 0.05) is 11.0 Å². The van der Waals surface area contributed by atoms with Crippen molar-refractivity contribution in [3.8, 4) is 5.75 Å². The van der Waals surface area contributed by atoms with Crippen LogP contribution in [0.3, 0.4) is 0 Å². The third kappa shape index (κ3) is 2.70. The zero-order valence-corrected chi connectivity index (χ0v) is 15.7. The first kappa shape index (κ1) is 15.6. The molecule has 0 atom stereocenters. The van der Waals surface area contributed by atoms with E-state index in [4.69, 9.17) is 4.43 Å². The largest absolute Gasteiger partial charge is 0.553 e. The van der Waals surface area contributed by atoms with Gasteiger partial charge in [0.05, 0.1) is 0 Å². The molecule has 0 saturated heterocycles. The minimum absolute atomic E-state index is 0.191. The molecular formula is C21H22OSi. The van der Waals surface area contributed by atoms with Crippen molar-refractivity contribution in [2.75, 3.05) is 0 Å². The van der Waals surface area contributed by atoms with Gasteiger partial charge in [0.1, 0.15) is 5.75 Å². The van der Waals surface area contributed by atoms with Crippen LogP contribution in [0.15, 0.2) is 84.9 Å². The number of rotatable bonds is 5. The fraction of sp³-hybridized carbons (Fsp3) is 0.143. The van der Waals surface area contributed by atoms with E-state index < -0.39 is 0 Å². The van der Waals surface area contributed by atoms with Crippen LogP contribution >= 0.6 is 0 Å². The van der Waals surface area contributed by atoms with Crippen molar-refractivity contribution in [1.29, 1.82) is 0 Å². The van der Waals surface area contributed by atoms with E-state index >= 15 is 0 Å². The molecule has 0 unspecified atom stereocenters. The monoisotopic (exact) mass is 318 g/mol. The van der Waals surface area contributed by atoms with Crippen molar-refractivity contribution in [3.63, 3.8) is 0 Å². The molecule has 3 aromatic rings. The van der Waals surface area contributed by atoms with Crippen molar-refractivity contribution in [2.24, 2.45) is 0 Å². The van der Waals surface area contributed by atoms with Gasteiger partial charge in [-0.3, -0.25) is 0 Å². The molecule has 0 fully saturated rings. The second kappa shape index (κ2) is 6.84. The maximum atomic E-state index is 5.84. The Morgan fingerprint density at radius 1 is 0.739 bits per heavy atom. The van der Waals surface area contributed by atoms with Crippen LogP contribution in [-0.2, 0) is 5.41 Å². The van der Waals surface area contributed by atoms with E-state index in [1.165, 1.54) is 16.7 Å². The zero-order chi connectivity index (χ0) is 16.1. The van der Waals surface area contributed by atoms with Gasteiger partial charge in [-0.2, -0.15) is 0 Å². The Balaban J connectivity index is 2.34. The van der Waals surface area contributed by atoms with Crippen molar-refractivity contribution >= 4 is 10.5 Å². The summed E-state index contributed by atoms with van der Waals surface area (Å²) >= 11 is 0. The van der Waals surface area contributed by atoms with Crippen LogP contribution in [0.1, 0.15) is 30.0 Å². The Bertz CT molecular complexity index is 714. The van der Waals surface area contributed by atoms with Gasteiger partial charge in [-0.25, -0.2) is 0 Å². The normalized spacial score (nSPS) is 11.3. The lowest BCUT2D eigenvalue weighted by molar-refractivity contribution is 0.541. The summed E-state index contributed by atoms with van der Waals surface area (Å²) in [6.45, 7) is 2.25. The summed E-state index contributed by atoms with van der Waals surface area (Å²) in [7, 11) is 0.686. The van der Waals surface area contributed by atoms with E-state index in [1.54, 1.807) is 0 Å². The molecule has 3 aromatic carbocycles. The summed E-state index contributed by atoms with van der Waals surface area (Å²) in [6, 6.07) is 30.0. The predicted molar refractivity (Wildman–Crippen MR) is 100 cm³/mol. The second-order valence-corrected chi connectivity index (χ2v) is 6.10. The van der Waals surface area contributed by atoms with E-state index in [9.17, 15) is 0 Å². The standard InChI is InChI=1S/C21H22OSi/c1-2-21(17-11-5-3-6-12-17,18-13-7-4-8-14-18)19-15-9-10-16-20(19)22-23/h3-16H,2H2,1,23H3. The number of hydrogen-bond donors (Lipinski definition) is 0. The van der Waals surface area contributed by atoms with E-state index in [0.29, 0.717) is 10.5 Å². The summed E-state index contributed by atoms with van der Waals surface area (Å²) in [5.41, 5.74) is 3.67. The lowest BCUT2D eigenvalue weighted by Crippen LogP contribution is -2.29.